The Morgan fingerprint density at radius 2 is 1.59 bits per heavy atom. The Kier molecular flexibility index (Phi) is 7.45. The Morgan fingerprint density at radius 1 is 0.912 bits per heavy atom. The van der Waals surface area contributed by atoms with Crippen LogP contribution in [-0.4, -0.2) is 28.9 Å². The van der Waals surface area contributed by atoms with Crippen LogP contribution in [0.3, 0.4) is 0 Å². The van der Waals surface area contributed by atoms with Crippen LogP contribution < -0.4 is 15.5 Å². The van der Waals surface area contributed by atoms with Crippen molar-refractivity contribution < 1.29 is 24.0 Å². The number of nitrogens with one attached hydrogen (secondary N) is 2. The summed E-state index contributed by atoms with van der Waals surface area (Å²) in [6, 6.07) is 16.5. The van der Waals surface area contributed by atoms with Crippen molar-refractivity contribution in [2.45, 2.75) is 13.8 Å². The number of carbonyl (C=O) groups is 3. The monoisotopic (exact) mass is 460 g/mol. The van der Waals surface area contributed by atoms with Gasteiger partial charge in [-0.1, -0.05) is 6.07 Å². The van der Waals surface area contributed by atoms with Crippen molar-refractivity contribution in [2.75, 3.05) is 5.32 Å². The first-order chi connectivity index (χ1) is 16.2. The number of nitro groups is 1. The molecule has 0 aromatic heterocycles. The van der Waals surface area contributed by atoms with Crippen molar-refractivity contribution in [3.05, 3.63) is 99.1 Å². The molecule has 0 atom stereocenters. The minimum Gasteiger partial charge on any atom is -0.423 e. The molecular weight excluding hydrogens is 440 g/mol. The van der Waals surface area contributed by atoms with Crippen LogP contribution in [0.15, 0.2) is 71.8 Å². The summed E-state index contributed by atoms with van der Waals surface area (Å²) in [6.45, 7) is 3.84. The van der Waals surface area contributed by atoms with E-state index in [1.54, 1.807) is 24.3 Å². The van der Waals surface area contributed by atoms with Gasteiger partial charge in [0.1, 0.15) is 5.75 Å². The van der Waals surface area contributed by atoms with Crippen LogP contribution >= 0.6 is 0 Å². The number of nitrogens with zero attached hydrogens (tertiary/aromatic N) is 2. The third-order valence-electron chi connectivity index (χ3n) is 4.76. The van der Waals surface area contributed by atoms with Gasteiger partial charge in [0.05, 0.1) is 16.7 Å². The zero-order valence-corrected chi connectivity index (χ0v) is 18.3. The molecule has 0 radical (unpaired) electrons. The first-order valence-corrected chi connectivity index (χ1v) is 10.0. The van der Waals surface area contributed by atoms with Gasteiger partial charge in [-0.15, -0.1) is 0 Å². The molecule has 3 rings (SSSR count). The highest BCUT2D eigenvalue weighted by atomic mass is 16.6. The predicted octanol–water partition coefficient (Wildman–Crippen LogP) is 3.52. The fraction of sp³-hybridized carbons (Fsp3) is 0.0833. The number of benzene rings is 3. The highest BCUT2D eigenvalue weighted by Crippen LogP contribution is 2.16. The molecular formula is C24H20N4O6. The summed E-state index contributed by atoms with van der Waals surface area (Å²) in [5.74, 6) is -2.20. The van der Waals surface area contributed by atoms with Gasteiger partial charge in [-0.2, -0.15) is 5.10 Å². The van der Waals surface area contributed by atoms with Gasteiger partial charge in [0.15, 0.2) is 0 Å². The summed E-state index contributed by atoms with van der Waals surface area (Å²) in [5.41, 5.74) is 5.31. The van der Waals surface area contributed by atoms with Crippen molar-refractivity contribution in [2.24, 2.45) is 5.10 Å². The van der Waals surface area contributed by atoms with Crippen molar-refractivity contribution in [1.29, 1.82) is 0 Å². The number of non-ortho nitro benzene ring substituents is 1. The minimum atomic E-state index is -0.928. The molecule has 0 spiro atoms. The summed E-state index contributed by atoms with van der Waals surface area (Å²) in [6.07, 6.45) is 1.32. The van der Waals surface area contributed by atoms with Crippen LogP contribution in [0.25, 0.3) is 0 Å². The molecule has 3 aromatic carbocycles. The third kappa shape index (κ3) is 6.33. The van der Waals surface area contributed by atoms with Crippen LogP contribution in [0.5, 0.6) is 5.75 Å². The Balaban J connectivity index is 1.51. The van der Waals surface area contributed by atoms with Crippen LogP contribution in [0, 0.1) is 24.0 Å². The van der Waals surface area contributed by atoms with Crippen molar-refractivity contribution in [3.63, 3.8) is 0 Å². The molecule has 0 fully saturated rings. The smallest absolute Gasteiger partial charge is 0.343 e. The number of hydrogen-bond donors (Lipinski definition) is 2. The number of amides is 2. The second-order valence-corrected chi connectivity index (χ2v) is 7.21. The summed E-state index contributed by atoms with van der Waals surface area (Å²) in [7, 11) is 0. The average Bonchev–Trinajstić information content (AvgIpc) is 2.82. The summed E-state index contributed by atoms with van der Waals surface area (Å²) in [4.78, 5) is 46.2. The summed E-state index contributed by atoms with van der Waals surface area (Å²) >= 11 is 0. The number of aryl methyl sites for hydroxylation is 2. The lowest BCUT2D eigenvalue weighted by atomic mass is 10.1. The molecule has 0 saturated heterocycles. The second-order valence-electron chi connectivity index (χ2n) is 7.21. The van der Waals surface area contributed by atoms with E-state index in [9.17, 15) is 24.5 Å². The molecule has 0 saturated carbocycles. The fourth-order valence-electron chi connectivity index (χ4n) is 2.73. The molecule has 0 heterocycles. The largest absolute Gasteiger partial charge is 0.423 e. The van der Waals surface area contributed by atoms with E-state index in [2.05, 4.69) is 15.8 Å². The molecule has 0 aliphatic heterocycles. The standard InChI is InChI=1S/C24H20N4O6/c1-15-3-8-19(13-16(15)2)26-22(29)23(30)27-25-14-17-4-11-21(12-5-17)34-24(31)18-6-9-20(10-7-18)28(32)33/h3-14H,1-2H3,(H,26,29)(H,27,30)/b25-14+. The van der Waals surface area contributed by atoms with Gasteiger partial charge < -0.3 is 10.1 Å². The Morgan fingerprint density at radius 3 is 2.21 bits per heavy atom. The SMILES string of the molecule is Cc1ccc(NC(=O)C(=O)N/N=C/c2ccc(OC(=O)c3ccc([N+](=O)[O-])cc3)cc2)cc1C. The number of rotatable bonds is 6. The predicted molar refractivity (Wildman–Crippen MR) is 125 cm³/mol. The van der Waals surface area contributed by atoms with Crippen LogP contribution in [0.1, 0.15) is 27.0 Å². The quantitative estimate of drug-likeness (QED) is 0.144. The average molecular weight is 460 g/mol. The van der Waals surface area contributed by atoms with E-state index < -0.39 is 22.7 Å². The van der Waals surface area contributed by atoms with Crippen molar-refractivity contribution in [1.82, 2.24) is 5.43 Å². The van der Waals surface area contributed by atoms with Crippen LogP contribution in [-0.2, 0) is 9.59 Å². The maximum Gasteiger partial charge on any atom is 0.343 e. The maximum absolute atomic E-state index is 12.2. The van der Waals surface area contributed by atoms with Gasteiger partial charge in [0.25, 0.3) is 5.69 Å². The van der Waals surface area contributed by atoms with E-state index in [-0.39, 0.29) is 17.0 Å². The fourth-order valence-corrected chi connectivity index (χ4v) is 2.73. The van der Waals surface area contributed by atoms with Gasteiger partial charge in [-0.05, 0) is 79.1 Å². The molecule has 0 aliphatic rings. The molecule has 10 nitrogen and oxygen atoms in total. The molecule has 34 heavy (non-hydrogen) atoms. The van der Waals surface area contributed by atoms with Crippen LogP contribution in [0.4, 0.5) is 11.4 Å². The second kappa shape index (κ2) is 10.6. The van der Waals surface area contributed by atoms with E-state index in [0.29, 0.717) is 11.3 Å². The van der Waals surface area contributed by atoms with Crippen molar-refractivity contribution in [3.8, 4) is 5.75 Å². The number of anilines is 1. The number of hydrogen-bond acceptors (Lipinski definition) is 7. The normalized spacial score (nSPS) is 10.5. The molecule has 2 amide bonds. The molecule has 0 bridgehead atoms. The minimum absolute atomic E-state index is 0.130. The highest BCUT2D eigenvalue weighted by molar-refractivity contribution is 6.39. The van der Waals surface area contributed by atoms with Gasteiger partial charge in [0.2, 0.25) is 0 Å². The lowest BCUT2D eigenvalue weighted by Crippen LogP contribution is -2.32. The molecule has 0 aliphatic carbocycles. The topological polar surface area (TPSA) is 140 Å². The van der Waals surface area contributed by atoms with Crippen LogP contribution in [0.2, 0.25) is 0 Å². The van der Waals surface area contributed by atoms with E-state index >= 15 is 0 Å². The van der Waals surface area contributed by atoms with Gasteiger partial charge in [0, 0.05) is 17.8 Å². The summed E-state index contributed by atoms with van der Waals surface area (Å²) < 4.78 is 5.23. The molecule has 3 aromatic rings. The van der Waals surface area contributed by atoms with Gasteiger partial charge in [-0.3, -0.25) is 19.7 Å². The van der Waals surface area contributed by atoms with Crippen molar-refractivity contribution >= 4 is 35.4 Å². The zero-order chi connectivity index (χ0) is 24.7. The Bertz CT molecular complexity index is 1270. The number of ether oxygens (including phenoxy) is 1. The highest BCUT2D eigenvalue weighted by Gasteiger charge is 2.13. The number of hydrazone groups is 1. The summed E-state index contributed by atoms with van der Waals surface area (Å²) in [5, 5.41) is 16.9. The first-order valence-electron chi connectivity index (χ1n) is 10.0. The van der Waals surface area contributed by atoms with E-state index in [0.717, 1.165) is 11.1 Å². The molecule has 0 unspecified atom stereocenters. The van der Waals surface area contributed by atoms with E-state index in [1.165, 1.54) is 42.6 Å². The molecule has 172 valence electrons. The Hall–Kier alpha value is -4.86. The van der Waals surface area contributed by atoms with E-state index in [4.69, 9.17) is 4.74 Å². The van der Waals surface area contributed by atoms with E-state index in [1.807, 2.05) is 19.9 Å². The zero-order valence-electron chi connectivity index (χ0n) is 18.3. The Labute approximate surface area is 194 Å². The maximum atomic E-state index is 12.2. The number of nitro benzene ring substituents is 1. The van der Waals surface area contributed by atoms with Gasteiger partial charge in [-0.25, -0.2) is 10.2 Å². The lowest BCUT2D eigenvalue weighted by molar-refractivity contribution is -0.384. The molecule has 10 heteroatoms. The lowest BCUT2D eigenvalue weighted by Gasteiger charge is -2.06. The third-order valence-corrected chi connectivity index (χ3v) is 4.76. The number of esters is 1. The first kappa shape index (κ1) is 23.8. The number of carbonyl (C=O) groups excluding carboxylic acids is 3. The van der Waals surface area contributed by atoms with Gasteiger partial charge >= 0.3 is 17.8 Å². The molecule has 2 N–H and O–H groups in total.